The summed E-state index contributed by atoms with van der Waals surface area (Å²) in [5.74, 6) is -2.54. The topological polar surface area (TPSA) is 254 Å². The number of ether oxygens (including phenoxy) is 9. The molecule has 0 fully saturated rings. The van der Waals surface area contributed by atoms with Gasteiger partial charge in [-0.05, 0) is 168 Å². The van der Waals surface area contributed by atoms with Crippen LogP contribution in [0.3, 0.4) is 0 Å². The lowest BCUT2D eigenvalue weighted by Crippen LogP contribution is -2.09. The van der Waals surface area contributed by atoms with Crippen LogP contribution in [0.1, 0.15) is 232 Å². The normalized spacial score (nSPS) is 10.7. The average Bonchev–Trinajstić information content (AvgIpc) is 3.36. The molecule has 0 heterocycles. The largest absolute Gasteiger partial charge is 0.466 e. The van der Waals surface area contributed by atoms with Crippen molar-refractivity contribution in [2.75, 3.05) is 59.5 Å². The van der Waals surface area contributed by atoms with Crippen LogP contribution in [0, 0.1) is 0 Å². The van der Waals surface area contributed by atoms with E-state index in [9.17, 15) is 47.9 Å². The number of Topliss-reactive ketones (excluding diaryl/α,β-unsaturated/α-hetero) is 1. The first kappa shape index (κ1) is 68.9. The van der Waals surface area contributed by atoms with Gasteiger partial charge in [0.2, 0.25) is 0 Å². The SMILES string of the molecule is CCOC(=O)CCCCCOC(=O)CCCCCOC(=O)CCCCCOC(=O)CCCCCOC(=O)CCCCCOC(=O)CCCCCOC(=O)CCCCCOC(=O)CCCCCOC(=O)CCC(C)=O. The highest BCUT2D eigenvalue weighted by Gasteiger charge is 2.11. The van der Waals surface area contributed by atoms with Gasteiger partial charge < -0.3 is 47.4 Å². The van der Waals surface area contributed by atoms with Crippen LogP contribution < -0.4 is 0 Å². The van der Waals surface area contributed by atoms with E-state index < -0.39 is 0 Å². The molecule has 0 aromatic heterocycles. The quantitative estimate of drug-likeness (QED) is 0.0312. The summed E-state index contributed by atoms with van der Waals surface area (Å²) in [6.07, 6.45) is 19.1. The average molecular weight is 1060 g/mol. The van der Waals surface area contributed by atoms with Crippen LogP contribution in [0.5, 0.6) is 0 Å². The summed E-state index contributed by atoms with van der Waals surface area (Å²) in [5, 5.41) is 0. The molecule has 0 unspecified atom stereocenters. The molecule has 426 valence electrons. The van der Waals surface area contributed by atoms with Crippen molar-refractivity contribution >= 4 is 59.5 Å². The molecule has 0 radical (unpaired) electrons. The van der Waals surface area contributed by atoms with E-state index in [2.05, 4.69) is 0 Å². The fourth-order valence-electron chi connectivity index (χ4n) is 6.96. The van der Waals surface area contributed by atoms with Gasteiger partial charge in [0.05, 0.1) is 65.9 Å². The molecule has 0 bridgehead atoms. The third-order valence-electron chi connectivity index (χ3n) is 11.3. The zero-order chi connectivity index (χ0) is 54.5. The van der Waals surface area contributed by atoms with E-state index in [0.717, 1.165) is 51.4 Å². The van der Waals surface area contributed by atoms with E-state index in [1.165, 1.54) is 6.92 Å². The summed E-state index contributed by atoms with van der Waals surface area (Å²) in [6, 6.07) is 0. The molecule has 0 aliphatic rings. The van der Waals surface area contributed by atoms with Gasteiger partial charge >= 0.3 is 53.7 Å². The number of rotatable bonds is 52. The number of unbranched alkanes of at least 4 members (excludes halogenated alkanes) is 16. The minimum atomic E-state index is -0.388. The second kappa shape index (κ2) is 51.4. The first-order valence-corrected chi connectivity index (χ1v) is 27.7. The Balaban J connectivity index is 3.50. The van der Waals surface area contributed by atoms with Crippen molar-refractivity contribution in [1.29, 1.82) is 0 Å². The van der Waals surface area contributed by atoms with Crippen LogP contribution in [0.25, 0.3) is 0 Å². The maximum absolute atomic E-state index is 12.0. The molecule has 0 rings (SSSR count). The molecule has 19 nitrogen and oxygen atoms in total. The maximum Gasteiger partial charge on any atom is 0.306 e. The molecule has 0 aliphatic heterocycles. The Morgan fingerprint density at radius 3 is 0.527 bits per heavy atom. The van der Waals surface area contributed by atoms with Gasteiger partial charge in [0.1, 0.15) is 5.78 Å². The van der Waals surface area contributed by atoms with E-state index in [-0.39, 0.29) is 111 Å². The van der Waals surface area contributed by atoms with Crippen LogP contribution in [0.2, 0.25) is 0 Å². The first-order chi connectivity index (χ1) is 35.8. The molecule has 0 aromatic carbocycles. The number of hydrogen-bond acceptors (Lipinski definition) is 19. The molecule has 74 heavy (non-hydrogen) atoms. The third kappa shape index (κ3) is 51.8. The monoisotopic (exact) mass is 1060 g/mol. The molecule has 0 amide bonds. The molecule has 0 aliphatic carbocycles. The molecule has 0 saturated heterocycles. The fraction of sp³-hybridized carbons (Fsp3) is 0.818. The van der Waals surface area contributed by atoms with Crippen molar-refractivity contribution in [2.45, 2.75) is 232 Å². The van der Waals surface area contributed by atoms with Gasteiger partial charge in [-0.3, -0.25) is 43.2 Å². The highest BCUT2D eigenvalue weighted by Crippen LogP contribution is 2.11. The van der Waals surface area contributed by atoms with E-state index in [0.29, 0.717) is 175 Å². The summed E-state index contributed by atoms with van der Waals surface area (Å²) >= 11 is 0. The number of hydrogen-bond donors (Lipinski definition) is 0. The van der Waals surface area contributed by atoms with Crippen molar-refractivity contribution in [1.82, 2.24) is 0 Å². The minimum Gasteiger partial charge on any atom is -0.466 e. The number of esters is 9. The predicted octanol–water partition coefficient (Wildman–Crippen LogP) is 9.75. The van der Waals surface area contributed by atoms with Crippen LogP contribution >= 0.6 is 0 Å². The van der Waals surface area contributed by atoms with Crippen molar-refractivity contribution in [3.8, 4) is 0 Å². The van der Waals surface area contributed by atoms with Crippen molar-refractivity contribution in [2.24, 2.45) is 0 Å². The zero-order valence-corrected chi connectivity index (χ0v) is 45.2. The van der Waals surface area contributed by atoms with E-state index in [4.69, 9.17) is 42.6 Å². The Morgan fingerprint density at radius 2 is 0.365 bits per heavy atom. The Labute approximate surface area is 440 Å². The van der Waals surface area contributed by atoms with Crippen LogP contribution in [0.4, 0.5) is 0 Å². The van der Waals surface area contributed by atoms with Gasteiger partial charge in [0.25, 0.3) is 0 Å². The van der Waals surface area contributed by atoms with Gasteiger partial charge in [-0.25, -0.2) is 0 Å². The zero-order valence-electron chi connectivity index (χ0n) is 45.2. The lowest BCUT2D eigenvalue weighted by Gasteiger charge is -2.07. The Kier molecular flexibility index (Phi) is 47.8. The number of carbonyl (C=O) groups is 10. The van der Waals surface area contributed by atoms with Gasteiger partial charge in [0, 0.05) is 57.8 Å². The standard InChI is InChI=1S/C55H92O19/c1-3-66-47(57)28-12-4-20-38-67-48(58)29-13-5-21-39-68-49(59)30-14-6-22-40-69-50(60)31-15-7-23-41-70-51(61)32-16-8-24-42-71-52(62)33-17-9-25-43-72-53(63)34-18-10-26-44-73-54(64)35-19-11-27-45-74-55(65)37-36-46(2)56/h3-45H2,1-2H3. The lowest BCUT2D eigenvalue weighted by atomic mass is 10.2. The Morgan fingerprint density at radius 1 is 0.203 bits per heavy atom. The molecule has 0 atom stereocenters. The number of carbonyl (C=O) groups excluding carboxylic acids is 10. The van der Waals surface area contributed by atoms with Crippen LogP contribution in [0.15, 0.2) is 0 Å². The van der Waals surface area contributed by atoms with Crippen molar-refractivity contribution < 1.29 is 90.6 Å². The third-order valence-corrected chi connectivity index (χ3v) is 11.3. The maximum atomic E-state index is 12.0. The van der Waals surface area contributed by atoms with Crippen LogP contribution in [-0.2, 0) is 90.6 Å². The van der Waals surface area contributed by atoms with E-state index in [1.54, 1.807) is 6.92 Å². The molecule has 19 heteroatoms. The highest BCUT2D eigenvalue weighted by atomic mass is 16.6. The molecule has 0 N–H and O–H groups in total. The predicted molar refractivity (Wildman–Crippen MR) is 272 cm³/mol. The van der Waals surface area contributed by atoms with Crippen LogP contribution in [-0.4, -0.2) is 119 Å². The van der Waals surface area contributed by atoms with Crippen molar-refractivity contribution in [3.05, 3.63) is 0 Å². The molecule has 0 aromatic rings. The molecular weight excluding hydrogens is 965 g/mol. The first-order valence-electron chi connectivity index (χ1n) is 27.7. The highest BCUT2D eigenvalue weighted by molar-refractivity contribution is 5.81. The molecule has 0 spiro atoms. The summed E-state index contributed by atoms with van der Waals surface area (Å²) in [4.78, 5) is 117. The van der Waals surface area contributed by atoms with E-state index >= 15 is 0 Å². The van der Waals surface area contributed by atoms with Gasteiger partial charge in [-0.1, -0.05) is 0 Å². The Hall–Kier alpha value is -5.10. The second-order valence-corrected chi connectivity index (χ2v) is 18.3. The minimum absolute atomic E-state index is 0.0528. The lowest BCUT2D eigenvalue weighted by molar-refractivity contribution is -0.146. The fourth-order valence-corrected chi connectivity index (χ4v) is 6.96. The van der Waals surface area contributed by atoms with E-state index in [1.807, 2.05) is 0 Å². The van der Waals surface area contributed by atoms with Crippen molar-refractivity contribution in [3.63, 3.8) is 0 Å². The van der Waals surface area contributed by atoms with Gasteiger partial charge in [-0.15, -0.1) is 0 Å². The summed E-state index contributed by atoms with van der Waals surface area (Å²) < 4.78 is 46.7. The van der Waals surface area contributed by atoms with Gasteiger partial charge in [0.15, 0.2) is 0 Å². The summed E-state index contributed by atoms with van der Waals surface area (Å²) in [6.45, 7) is 5.97. The van der Waals surface area contributed by atoms with Gasteiger partial charge in [-0.2, -0.15) is 0 Å². The second-order valence-electron chi connectivity index (χ2n) is 18.3. The number of ketones is 1. The molecule has 0 saturated carbocycles. The summed E-state index contributed by atoms with van der Waals surface area (Å²) in [7, 11) is 0. The Bertz CT molecular complexity index is 1550. The smallest absolute Gasteiger partial charge is 0.306 e. The summed E-state index contributed by atoms with van der Waals surface area (Å²) in [5.41, 5.74) is 0. The molecular formula is C55H92O19.